The minimum absolute atomic E-state index is 0.0112. The first-order valence-corrected chi connectivity index (χ1v) is 11.0. The molecular weight excluding hydrogens is 456 g/mol. The normalized spacial score (nSPS) is 17.9. The van der Waals surface area contributed by atoms with Crippen LogP contribution in [0.4, 0.5) is 4.79 Å². The zero-order chi connectivity index (χ0) is 26.3. The van der Waals surface area contributed by atoms with Gasteiger partial charge in [-0.15, -0.1) is 0 Å². The van der Waals surface area contributed by atoms with Gasteiger partial charge in [0.1, 0.15) is 6.04 Å². The quantitative estimate of drug-likeness (QED) is 0.273. The molecule has 34 heavy (non-hydrogen) atoms. The number of hydrogen-bond acceptors (Lipinski definition) is 8. The Morgan fingerprint density at radius 2 is 1.06 bits per heavy atom. The Morgan fingerprint density at radius 3 is 1.47 bits per heavy atom. The molecule has 0 radical (unpaired) electrons. The minimum atomic E-state index is -1.25. The van der Waals surface area contributed by atoms with E-state index in [1.54, 1.807) is 0 Å². The lowest BCUT2D eigenvalue weighted by Gasteiger charge is -2.35. The minimum Gasteiger partial charge on any atom is -0.481 e. The van der Waals surface area contributed by atoms with Crippen molar-refractivity contribution >= 4 is 30.0 Å². The van der Waals surface area contributed by atoms with Gasteiger partial charge in [0.15, 0.2) is 0 Å². The summed E-state index contributed by atoms with van der Waals surface area (Å²) < 4.78 is 0. The third kappa shape index (κ3) is 12.9. The first kappa shape index (κ1) is 31.0. The van der Waals surface area contributed by atoms with E-state index in [9.17, 15) is 39.3 Å². The lowest BCUT2D eigenvalue weighted by atomic mass is 10.1. The molecule has 1 rings (SSSR count). The monoisotopic (exact) mass is 492 g/mol. The molecule has 196 valence electrons. The number of aliphatic carboxylic acids is 4. The lowest BCUT2D eigenvalue weighted by Crippen LogP contribution is -2.52. The highest BCUT2D eigenvalue weighted by Crippen LogP contribution is 2.10. The molecule has 0 aromatic rings. The molecule has 1 heterocycles. The summed E-state index contributed by atoms with van der Waals surface area (Å²) in [4.78, 5) is 62.2. The number of amides is 1. The summed E-state index contributed by atoms with van der Waals surface area (Å²) in [6.07, 6.45) is -1.83. The number of rotatable bonds is 9. The Labute approximate surface area is 197 Å². The summed E-state index contributed by atoms with van der Waals surface area (Å²) in [5.41, 5.74) is 0. The van der Waals surface area contributed by atoms with Crippen molar-refractivity contribution in [3.8, 4) is 0 Å². The van der Waals surface area contributed by atoms with E-state index in [1.165, 1.54) is 14.7 Å². The van der Waals surface area contributed by atoms with Gasteiger partial charge >= 0.3 is 30.0 Å². The molecule has 0 saturated carbocycles. The van der Waals surface area contributed by atoms with Crippen molar-refractivity contribution in [3.05, 3.63) is 0 Å². The van der Waals surface area contributed by atoms with Crippen LogP contribution in [0.3, 0.4) is 0 Å². The second-order valence-electron chi connectivity index (χ2n) is 7.43. The van der Waals surface area contributed by atoms with Gasteiger partial charge in [-0.3, -0.25) is 33.9 Å². The van der Waals surface area contributed by atoms with Crippen LogP contribution in [0.1, 0.15) is 26.7 Å². The highest BCUT2D eigenvalue weighted by molar-refractivity contribution is 5.75. The van der Waals surface area contributed by atoms with E-state index in [-0.39, 0.29) is 78.3 Å². The summed E-state index contributed by atoms with van der Waals surface area (Å²) in [6.45, 7) is 3.84. The van der Waals surface area contributed by atoms with Gasteiger partial charge in [0.05, 0.1) is 13.1 Å². The zero-order valence-electron chi connectivity index (χ0n) is 19.6. The van der Waals surface area contributed by atoms with Crippen LogP contribution in [0.5, 0.6) is 0 Å². The average molecular weight is 493 g/mol. The summed E-state index contributed by atoms with van der Waals surface area (Å²) in [5.74, 6) is -4.62. The fourth-order valence-electron chi connectivity index (χ4n) is 3.44. The standard InChI is InChI=1S/C18H30N4O10.C2H6/c23-14(24)2-1-13(17(29)30)21-7-5-19(11-15(25)26)3-4-20(12-16(27)28)6-8-22(10-9-21)18(31)32;1-2/h13H,1-12H2,(H,23,24)(H,25,26)(H,27,28)(H,29,30)(H,31,32);1-2H3. The van der Waals surface area contributed by atoms with Crippen molar-refractivity contribution in [3.63, 3.8) is 0 Å². The molecule has 0 aromatic carbocycles. The maximum Gasteiger partial charge on any atom is 0.407 e. The molecule has 5 N–H and O–H groups in total. The lowest BCUT2D eigenvalue weighted by molar-refractivity contribution is -0.145. The van der Waals surface area contributed by atoms with Crippen LogP contribution in [0.2, 0.25) is 0 Å². The van der Waals surface area contributed by atoms with Crippen molar-refractivity contribution in [2.45, 2.75) is 32.7 Å². The van der Waals surface area contributed by atoms with Crippen LogP contribution in [0.25, 0.3) is 0 Å². The molecule has 1 aliphatic heterocycles. The first-order valence-electron chi connectivity index (χ1n) is 11.0. The Bertz CT molecular complexity index is 690. The highest BCUT2D eigenvalue weighted by Gasteiger charge is 2.28. The van der Waals surface area contributed by atoms with Crippen LogP contribution in [0, 0.1) is 0 Å². The van der Waals surface area contributed by atoms with Crippen LogP contribution in [-0.4, -0.2) is 147 Å². The van der Waals surface area contributed by atoms with Crippen molar-refractivity contribution < 1.29 is 49.5 Å². The van der Waals surface area contributed by atoms with Crippen LogP contribution in [-0.2, 0) is 19.2 Å². The van der Waals surface area contributed by atoms with Crippen molar-refractivity contribution in [2.75, 3.05) is 65.4 Å². The Balaban J connectivity index is 0.00000529. The summed E-state index contributed by atoms with van der Waals surface area (Å²) >= 11 is 0. The number of hydrogen-bond donors (Lipinski definition) is 5. The van der Waals surface area contributed by atoms with Crippen molar-refractivity contribution in [2.24, 2.45) is 0 Å². The number of nitrogens with zero attached hydrogens (tertiary/aromatic N) is 4. The Hall–Kier alpha value is -2.97. The van der Waals surface area contributed by atoms with E-state index in [4.69, 9.17) is 10.2 Å². The topological polar surface area (TPSA) is 199 Å². The molecule has 0 bridgehead atoms. The van der Waals surface area contributed by atoms with Gasteiger partial charge in [0.25, 0.3) is 0 Å². The molecule has 14 heteroatoms. The average Bonchev–Trinajstić information content (AvgIpc) is 2.73. The van der Waals surface area contributed by atoms with Gasteiger partial charge in [-0.25, -0.2) is 4.79 Å². The molecule has 1 fully saturated rings. The molecular formula is C20H36N4O10. The molecule has 1 unspecified atom stereocenters. The van der Waals surface area contributed by atoms with Gasteiger partial charge in [-0.05, 0) is 6.42 Å². The molecule has 0 aliphatic carbocycles. The van der Waals surface area contributed by atoms with Gasteiger partial charge in [0, 0.05) is 58.8 Å². The van der Waals surface area contributed by atoms with E-state index >= 15 is 0 Å². The summed E-state index contributed by atoms with van der Waals surface area (Å²) in [6, 6.07) is -1.18. The molecule has 0 aromatic heterocycles. The summed E-state index contributed by atoms with van der Waals surface area (Å²) in [5, 5.41) is 46.3. The predicted octanol–water partition coefficient (Wildman–Crippen LogP) is -0.601. The fraction of sp³-hybridized carbons (Fsp3) is 0.750. The van der Waals surface area contributed by atoms with E-state index in [0.29, 0.717) is 0 Å². The second-order valence-corrected chi connectivity index (χ2v) is 7.43. The van der Waals surface area contributed by atoms with E-state index < -0.39 is 36.0 Å². The van der Waals surface area contributed by atoms with Crippen LogP contribution in [0.15, 0.2) is 0 Å². The molecule has 1 saturated heterocycles. The summed E-state index contributed by atoms with van der Waals surface area (Å²) in [7, 11) is 0. The second kappa shape index (κ2) is 16.6. The highest BCUT2D eigenvalue weighted by atomic mass is 16.4. The SMILES string of the molecule is CC.O=C(O)CCC(C(=O)O)N1CCN(CC(=O)O)CCN(CC(=O)O)CCN(C(=O)O)CC1. The Kier molecular flexibility index (Phi) is 15.2. The van der Waals surface area contributed by atoms with Crippen molar-refractivity contribution in [1.29, 1.82) is 0 Å². The molecule has 1 amide bonds. The maximum atomic E-state index is 11.8. The maximum absolute atomic E-state index is 11.8. The van der Waals surface area contributed by atoms with Crippen LogP contribution >= 0.6 is 0 Å². The van der Waals surface area contributed by atoms with Crippen LogP contribution < -0.4 is 0 Å². The zero-order valence-corrected chi connectivity index (χ0v) is 19.6. The number of carbonyl (C=O) groups is 5. The molecule has 1 aliphatic rings. The molecule has 0 spiro atoms. The van der Waals surface area contributed by atoms with Gasteiger partial charge in [-0.1, -0.05) is 13.8 Å². The first-order chi connectivity index (χ1) is 16.0. The largest absolute Gasteiger partial charge is 0.481 e. The van der Waals surface area contributed by atoms with Gasteiger partial charge in [-0.2, -0.15) is 0 Å². The predicted molar refractivity (Wildman–Crippen MR) is 119 cm³/mol. The molecule has 14 nitrogen and oxygen atoms in total. The molecule has 1 atom stereocenters. The number of carboxylic acids is 4. The van der Waals surface area contributed by atoms with E-state index in [1.807, 2.05) is 13.8 Å². The smallest absolute Gasteiger partial charge is 0.407 e. The van der Waals surface area contributed by atoms with Crippen molar-refractivity contribution in [1.82, 2.24) is 19.6 Å². The fourth-order valence-corrected chi connectivity index (χ4v) is 3.44. The van der Waals surface area contributed by atoms with E-state index in [2.05, 4.69) is 0 Å². The van der Waals surface area contributed by atoms with Gasteiger partial charge in [0.2, 0.25) is 0 Å². The third-order valence-corrected chi connectivity index (χ3v) is 5.12. The third-order valence-electron chi connectivity index (χ3n) is 5.12. The van der Waals surface area contributed by atoms with E-state index in [0.717, 1.165) is 4.90 Å². The number of carboxylic acid groups (broad SMARTS) is 5. The Morgan fingerprint density at radius 1 is 0.647 bits per heavy atom. The van der Waals surface area contributed by atoms with Gasteiger partial charge < -0.3 is 30.4 Å².